The number of carbonyl (C=O) groups is 1. The molecule has 0 heterocycles. The number of benzene rings is 2. The van der Waals surface area contributed by atoms with Crippen LogP contribution in [0.15, 0.2) is 53.4 Å². The van der Waals surface area contributed by atoms with E-state index >= 15 is 0 Å². The average molecular weight is 358 g/mol. The highest BCUT2D eigenvalue weighted by Gasteiger charge is 2.14. The molecule has 0 aromatic heterocycles. The van der Waals surface area contributed by atoms with E-state index in [0.29, 0.717) is 11.1 Å². The second-order valence-electron chi connectivity index (χ2n) is 5.01. The molecule has 0 saturated carbocycles. The van der Waals surface area contributed by atoms with Crippen molar-refractivity contribution in [1.29, 1.82) is 0 Å². The SMILES string of the molecule is CC(=O)c1ccc(C#CCNS(=O)(=O)c2ccc([N+](=O)[O-])cc2)cc1. The van der Waals surface area contributed by atoms with Gasteiger partial charge in [0, 0.05) is 23.3 Å². The van der Waals surface area contributed by atoms with E-state index < -0.39 is 14.9 Å². The standard InChI is InChI=1S/C17H14N2O5S/c1-13(20)15-6-4-14(5-7-15)3-2-12-18-25(23,24)17-10-8-16(9-11-17)19(21)22/h4-11,18H,12H2,1H3. The van der Waals surface area contributed by atoms with E-state index in [1.807, 2.05) is 0 Å². The Labute approximate surface area is 144 Å². The van der Waals surface area contributed by atoms with Crippen molar-refractivity contribution in [2.24, 2.45) is 0 Å². The summed E-state index contributed by atoms with van der Waals surface area (Å²) in [5.41, 5.74) is 1.04. The summed E-state index contributed by atoms with van der Waals surface area (Å²) in [5, 5.41) is 10.6. The Balaban J connectivity index is 2.01. The number of non-ortho nitro benzene ring substituents is 1. The maximum Gasteiger partial charge on any atom is 0.269 e. The monoisotopic (exact) mass is 358 g/mol. The van der Waals surface area contributed by atoms with Gasteiger partial charge in [-0.3, -0.25) is 14.9 Å². The number of nitrogens with zero attached hydrogens (tertiary/aromatic N) is 1. The molecule has 2 aromatic carbocycles. The van der Waals surface area contributed by atoms with Crippen molar-refractivity contribution in [1.82, 2.24) is 4.72 Å². The molecular weight excluding hydrogens is 344 g/mol. The number of nitro groups is 1. The quantitative estimate of drug-likeness (QED) is 0.381. The third-order valence-corrected chi connectivity index (χ3v) is 4.65. The zero-order valence-corrected chi connectivity index (χ0v) is 14.0. The van der Waals surface area contributed by atoms with Gasteiger partial charge in [-0.25, -0.2) is 8.42 Å². The minimum Gasteiger partial charge on any atom is -0.295 e. The normalized spacial score (nSPS) is 10.6. The van der Waals surface area contributed by atoms with Gasteiger partial charge in [-0.1, -0.05) is 24.0 Å². The molecule has 0 atom stereocenters. The topological polar surface area (TPSA) is 106 Å². The molecule has 0 aliphatic rings. The van der Waals surface area contributed by atoms with Crippen LogP contribution in [0.2, 0.25) is 0 Å². The Kier molecular flexibility index (Phi) is 5.64. The number of Topliss-reactive ketones (excluding diaryl/α,β-unsaturated/α-hetero) is 1. The first-order valence-corrected chi connectivity index (χ1v) is 8.62. The Hall–Kier alpha value is -3.02. The summed E-state index contributed by atoms with van der Waals surface area (Å²) in [6, 6.07) is 11.2. The molecule has 0 saturated heterocycles. The van der Waals surface area contributed by atoms with Crippen molar-refractivity contribution in [2.45, 2.75) is 11.8 Å². The molecule has 128 valence electrons. The minimum absolute atomic E-state index is 0.0460. The predicted molar refractivity (Wildman–Crippen MR) is 91.6 cm³/mol. The van der Waals surface area contributed by atoms with Crippen molar-refractivity contribution < 1.29 is 18.1 Å². The molecule has 2 aromatic rings. The minimum atomic E-state index is -3.79. The first kappa shape index (κ1) is 18.3. The van der Waals surface area contributed by atoms with Gasteiger partial charge >= 0.3 is 0 Å². The molecule has 0 fully saturated rings. The molecule has 0 spiro atoms. The maximum absolute atomic E-state index is 12.1. The first-order chi connectivity index (χ1) is 11.8. The van der Waals surface area contributed by atoms with Gasteiger partial charge in [0.1, 0.15) is 0 Å². The van der Waals surface area contributed by atoms with Gasteiger partial charge in [-0.15, -0.1) is 0 Å². The lowest BCUT2D eigenvalue weighted by molar-refractivity contribution is -0.384. The smallest absolute Gasteiger partial charge is 0.269 e. The number of sulfonamides is 1. The van der Waals surface area contributed by atoms with E-state index in [1.165, 1.54) is 6.92 Å². The number of hydrogen-bond acceptors (Lipinski definition) is 5. The summed E-state index contributed by atoms with van der Waals surface area (Å²) in [6.45, 7) is 1.35. The van der Waals surface area contributed by atoms with Gasteiger partial charge in [0.15, 0.2) is 5.78 Å². The van der Waals surface area contributed by atoms with Crippen molar-refractivity contribution in [3.05, 3.63) is 69.8 Å². The second kappa shape index (κ2) is 7.70. The van der Waals surface area contributed by atoms with E-state index in [9.17, 15) is 23.3 Å². The third kappa shape index (κ3) is 4.97. The van der Waals surface area contributed by atoms with E-state index in [0.717, 1.165) is 24.3 Å². The van der Waals surface area contributed by atoms with Gasteiger partial charge in [-0.05, 0) is 31.2 Å². The van der Waals surface area contributed by atoms with E-state index in [2.05, 4.69) is 16.6 Å². The molecule has 1 N–H and O–H groups in total. The van der Waals surface area contributed by atoms with Crippen LogP contribution in [0.4, 0.5) is 5.69 Å². The van der Waals surface area contributed by atoms with Crippen LogP contribution in [0.5, 0.6) is 0 Å². The van der Waals surface area contributed by atoms with Gasteiger partial charge in [-0.2, -0.15) is 4.72 Å². The van der Waals surface area contributed by atoms with Gasteiger partial charge in [0.2, 0.25) is 10.0 Å². The second-order valence-corrected chi connectivity index (χ2v) is 6.78. The van der Waals surface area contributed by atoms with Gasteiger partial charge in [0.25, 0.3) is 5.69 Å². The van der Waals surface area contributed by atoms with Crippen molar-refractivity contribution in [2.75, 3.05) is 6.54 Å². The van der Waals surface area contributed by atoms with Crippen LogP contribution in [0.3, 0.4) is 0 Å². The summed E-state index contributed by atoms with van der Waals surface area (Å²) in [6.07, 6.45) is 0. The van der Waals surface area contributed by atoms with Gasteiger partial charge < -0.3 is 0 Å². The summed E-state index contributed by atoms with van der Waals surface area (Å²) in [5.74, 6) is 5.41. The predicted octanol–water partition coefficient (Wildman–Crippen LogP) is 2.13. The Morgan fingerprint density at radius 1 is 1.12 bits per heavy atom. The molecule has 25 heavy (non-hydrogen) atoms. The molecule has 7 nitrogen and oxygen atoms in total. The van der Waals surface area contributed by atoms with Crippen LogP contribution in [-0.2, 0) is 10.0 Å². The zero-order chi connectivity index (χ0) is 18.4. The molecule has 0 bridgehead atoms. The van der Waals surface area contributed by atoms with Crippen LogP contribution in [0, 0.1) is 22.0 Å². The molecule has 0 amide bonds. The zero-order valence-electron chi connectivity index (χ0n) is 13.2. The Bertz CT molecular complexity index is 953. The average Bonchev–Trinajstić information content (AvgIpc) is 2.59. The summed E-state index contributed by atoms with van der Waals surface area (Å²) < 4.78 is 26.4. The fraction of sp³-hybridized carbons (Fsp3) is 0.118. The largest absolute Gasteiger partial charge is 0.295 e. The molecule has 0 unspecified atom stereocenters. The number of rotatable bonds is 5. The summed E-state index contributed by atoms with van der Waals surface area (Å²) in [4.78, 5) is 21.1. The molecule has 0 aliphatic heterocycles. The molecule has 2 rings (SSSR count). The highest BCUT2D eigenvalue weighted by molar-refractivity contribution is 7.89. The molecule has 8 heteroatoms. The highest BCUT2D eigenvalue weighted by atomic mass is 32.2. The van der Waals surface area contributed by atoms with Crippen molar-refractivity contribution in [3.8, 4) is 11.8 Å². The van der Waals surface area contributed by atoms with Crippen LogP contribution in [-0.4, -0.2) is 25.7 Å². The fourth-order valence-electron chi connectivity index (χ4n) is 1.90. The van der Waals surface area contributed by atoms with Crippen LogP contribution in [0.25, 0.3) is 0 Å². The first-order valence-electron chi connectivity index (χ1n) is 7.13. The summed E-state index contributed by atoms with van der Waals surface area (Å²) in [7, 11) is -3.79. The Morgan fingerprint density at radius 3 is 2.24 bits per heavy atom. The van der Waals surface area contributed by atoms with Crippen LogP contribution < -0.4 is 4.72 Å². The number of nitro benzene ring substituents is 1. The van der Waals surface area contributed by atoms with E-state index in [1.54, 1.807) is 24.3 Å². The van der Waals surface area contributed by atoms with E-state index in [-0.39, 0.29) is 22.9 Å². The van der Waals surface area contributed by atoms with Crippen molar-refractivity contribution in [3.63, 3.8) is 0 Å². The van der Waals surface area contributed by atoms with Crippen LogP contribution >= 0.6 is 0 Å². The van der Waals surface area contributed by atoms with Crippen molar-refractivity contribution >= 4 is 21.5 Å². The lowest BCUT2D eigenvalue weighted by Gasteiger charge is -2.03. The Morgan fingerprint density at radius 2 is 1.72 bits per heavy atom. The molecule has 0 radical (unpaired) electrons. The van der Waals surface area contributed by atoms with Crippen LogP contribution in [0.1, 0.15) is 22.8 Å². The number of nitrogens with one attached hydrogen (secondary N) is 1. The number of hydrogen-bond donors (Lipinski definition) is 1. The lowest BCUT2D eigenvalue weighted by Crippen LogP contribution is -2.23. The third-order valence-electron chi connectivity index (χ3n) is 3.23. The van der Waals surface area contributed by atoms with Gasteiger partial charge in [0.05, 0.1) is 16.4 Å². The molecular formula is C17H14N2O5S. The fourth-order valence-corrected chi connectivity index (χ4v) is 2.82. The highest BCUT2D eigenvalue weighted by Crippen LogP contribution is 2.15. The summed E-state index contributed by atoms with van der Waals surface area (Å²) >= 11 is 0. The number of ketones is 1. The lowest BCUT2D eigenvalue weighted by atomic mass is 10.1. The van der Waals surface area contributed by atoms with E-state index in [4.69, 9.17) is 0 Å². The molecule has 0 aliphatic carbocycles. The maximum atomic E-state index is 12.1. The number of carbonyl (C=O) groups excluding carboxylic acids is 1.